The Balaban J connectivity index is 1.52. The average Bonchev–Trinajstić information content (AvgIpc) is 2.92. The number of aliphatic hydroxyl groups is 1. The number of hydrogen-bond donors (Lipinski definition) is 1. The van der Waals surface area contributed by atoms with E-state index in [2.05, 4.69) is 16.4 Å². The van der Waals surface area contributed by atoms with Gasteiger partial charge in [0.1, 0.15) is 5.52 Å². The Labute approximate surface area is 127 Å². The number of fused-ring (bicyclic) bond motifs is 1. The number of nitrogens with zero attached hydrogens (tertiary/aromatic N) is 3. The van der Waals surface area contributed by atoms with E-state index in [1.807, 2.05) is 22.9 Å². The third-order valence-corrected chi connectivity index (χ3v) is 3.95. The third kappa shape index (κ3) is 5.46. The van der Waals surface area contributed by atoms with Crippen LogP contribution in [-0.4, -0.2) is 26.7 Å². The lowest BCUT2D eigenvalue weighted by Gasteiger charge is -2.03. The lowest BCUT2D eigenvalue weighted by atomic mass is 10.1. The summed E-state index contributed by atoms with van der Waals surface area (Å²) < 4.78 is 2.02. The Kier molecular flexibility index (Phi) is 7.22. The Morgan fingerprint density at radius 1 is 0.810 bits per heavy atom. The number of benzene rings is 1. The van der Waals surface area contributed by atoms with Crippen molar-refractivity contribution in [3.8, 4) is 0 Å². The first kappa shape index (κ1) is 16.0. The number of aryl methyl sites for hydroxylation is 1. The van der Waals surface area contributed by atoms with Gasteiger partial charge in [0.25, 0.3) is 0 Å². The van der Waals surface area contributed by atoms with Crippen LogP contribution >= 0.6 is 0 Å². The van der Waals surface area contributed by atoms with E-state index < -0.39 is 0 Å². The summed E-state index contributed by atoms with van der Waals surface area (Å²) in [7, 11) is 0. The molecule has 0 saturated carbocycles. The summed E-state index contributed by atoms with van der Waals surface area (Å²) in [6.45, 7) is 1.31. The summed E-state index contributed by atoms with van der Waals surface area (Å²) in [6.07, 6.45) is 11.1. The minimum Gasteiger partial charge on any atom is -0.396 e. The van der Waals surface area contributed by atoms with Crippen LogP contribution in [0.15, 0.2) is 24.3 Å². The zero-order valence-corrected chi connectivity index (χ0v) is 12.9. The molecule has 0 aliphatic heterocycles. The molecule has 1 heterocycles. The van der Waals surface area contributed by atoms with Gasteiger partial charge < -0.3 is 5.11 Å². The van der Waals surface area contributed by atoms with Crippen molar-refractivity contribution < 1.29 is 5.11 Å². The van der Waals surface area contributed by atoms with Crippen molar-refractivity contribution in [1.82, 2.24) is 15.0 Å². The predicted octanol–water partition coefficient (Wildman–Crippen LogP) is 3.93. The van der Waals surface area contributed by atoms with Gasteiger partial charge in [-0.05, 0) is 25.0 Å². The van der Waals surface area contributed by atoms with Gasteiger partial charge in [0.15, 0.2) is 0 Å². The highest BCUT2D eigenvalue weighted by Crippen LogP contribution is 2.13. The predicted molar refractivity (Wildman–Crippen MR) is 86.2 cm³/mol. The molecule has 0 aliphatic carbocycles. The largest absolute Gasteiger partial charge is 0.396 e. The van der Waals surface area contributed by atoms with Crippen LogP contribution in [0.1, 0.15) is 57.8 Å². The number of unbranched alkanes of at least 4 members (excludes halogenated alkanes) is 8. The number of aliphatic hydroxyl groups excluding tert-OH is 1. The third-order valence-electron chi connectivity index (χ3n) is 3.95. The second-order valence-electron chi connectivity index (χ2n) is 5.71. The molecule has 0 amide bonds. The maximum absolute atomic E-state index is 8.70. The van der Waals surface area contributed by atoms with Gasteiger partial charge in [-0.25, -0.2) is 4.68 Å². The Morgan fingerprint density at radius 2 is 1.43 bits per heavy atom. The number of aromatic nitrogens is 3. The van der Waals surface area contributed by atoms with E-state index in [9.17, 15) is 0 Å². The molecule has 0 radical (unpaired) electrons. The molecule has 116 valence electrons. The summed E-state index contributed by atoms with van der Waals surface area (Å²) in [4.78, 5) is 0. The molecule has 4 nitrogen and oxygen atoms in total. The maximum Gasteiger partial charge on any atom is 0.113 e. The maximum atomic E-state index is 8.70. The molecule has 4 heteroatoms. The standard InChI is InChI=1S/C17H27N3O/c21-15-11-7-5-3-1-2-4-6-10-14-20-17-13-9-8-12-16(17)18-19-20/h8-9,12-13,21H,1-7,10-11,14-15H2. The molecule has 21 heavy (non-hydrogen) atoms. The summed E-state index contributed by atoms with van der Waals surface area (Å²) >= 11 is 0. The molecule has 0 fully saturated rings. The van der Waals surface area contributed by atoms with E-state index in [-0.39, 0.29) is 0 Å². The fraction of sp³-hybridized carbons (Fsp3) is 0.647. The van der Waals surface area contributed by atoms with Gasteiger partial charge in [-0.15, -0.1) is 5.10 Å². The molecule has 0 aliphatic rings. The molecule has 0 spiro atoms. The van der Waals surface area contributed by atoms with E-state index >= 15 is 0 Å². The van der Waals surface area contributed by atoms with Crippen LogP contribution in [0.2, 0.25) is 0 Å². The first-order chi connectivity index (χ1) is 10.4. The zero-order valence-electron chi connectivity index (χ0n) is 12.9. The van der Waals surface area contributed by atoms with Crippen molar-refractivity contribution in [3.63, 3.8) is 0 Å². The van der Waals surface area contributed by atoms with E-state index in [1.54, 1.807) is 0 Å². The number of hydrogen-bond acceptors (Lipinski definition) is 3. The van der Waals surface area contributed by atoms with Crippen LogP contribution in [-0.2, 0) is 6.54 Å². The minimum atomic E-state index is 0.344. The lowest BCUT2D eigenvalue weighted by Crippen LogP contribution is -2.00. The highest BCUT2D eigenvalue weighted by Gasteiger charge is 2.02. The van der Waals surface area contributed by atoms with Crippen molar-refractivity contribution in [1.29, 1.82) is 0 Å². The molecule has 1 aromatic carbocycles. The molecular formula is C17H27N3O. The Morgan fingerprint density at radius 3 is 2.14 bits per heavy atom. The molecule has 0 unspecified atom stereocenters. The fourth-order valence-corrected chi connectivity index (χ4v) is 2.69. The van der Waals surface area contributed by atoms with Crippen LogP contribution < -0.4 is 0 Å². The van der Waals surface area contributed by atoms with E-state index in [0.29, 0.717) is 6.61 Å². The molecule has 0 bridgehead atoms. The Bertz CT molecular complexity index is 509. The molecular weight excluding hydrogens is 262 g/mol. The van der Waals surface area contributed by atoms with Crippen molar-refractivity contribution in [3.05, 3.63) is 24.3 Å². The van der Waals surface area contributed by atoms with Gasteiger partial charge >= 0.3 is 0 Å². The highest BCUT2D eigenvalue weighted by molar-refractivity contribution is 5.73. The summed E-state index contributed by atoms with van der Waals surface area (Å²) in [5.41, 5.74) is 2.13. The summed E-state index contributed by atoms with van der Waals surface area (Å²) in [5, 5.41) is 17.1. The van der Waals surface area contributed by atoms with Gasteiger partial charge in [-0.1, -0.05) is 62.3 Å². The average molecular weight is 289 g/mol. The lowest BCUT2D eigenvalue weighted by molar-refractivity contribution is 0.282. The molecule has 0 saturated heterocycles. The van der Waals surface area contributed by atoms with Crippen molar-refractivity contribution >= 4 is 11.0 Å². The van der Waals surface area contributed by atoms with Gasteiger partial charge in [0.2, 0.25) is 0 Å². The summed E-state index contributed by atoms with van der Waals surface area (Å²) in [5.74, 6) is 0. The minimum absolute atomic E-state index is 0.344. The molecule has 1 aromatic heterocycles. The number of rotatable bonds is 11. The second-order valence-corrected chi connectivity index (χ2v) is 5.71. The van der Waals surface area contributed by atoms with Crippen LogP contribution in [0.5, 0.6) is 0 Å². The quantitative estimate of drug-likeness (QED) is 0.638. The van der Waals surface area contributed by atoms with E-state index in [4.69, 9.17) is 5.11 Å². The monoisotopic (exact) mass is 289 g/mol. The van der Waals surface area contributed by atoms with Crippen molar-refractivity contribution in [2.24, 2.45) is 0 Å². The topological polar surface area (TPSA) is 50.9 Å². The van der Waals surface area contributed by atoms with E-state index in [0.717, 1.165) is 24.0 Å². The SMILES string of the molecule is OCCCCCCCCCCCn1nnc2ccccc21. The van der Waals surface area contributed by atoms with Gasteiger partial charge in [0, 0.05) is 13.2 Å². The van der Waals surface area contributed by atoms with Crippen LogP contribution in [0, 0.1) is 0 Å². The second kappa shape index (κ2) is 9.50. The van der Waals surface area contributed by atoms with E-state index in [1.165, 1.54) is 51.4 Å². The molecule has 2 aromatic rings. The smallest absolute Gasteiger partial charge is 0.113 e. The molecule has 0 atom stereocenters. The van der Waals surface area contributed by atoms with Crippen molar-refractivity contribution in [2.75, 3.05) is 6.61 Å². The van der Waals surface area contributed by atoms with Crippen LogP contribution in [0.4, 0.5) is 0 Å². The fourth-order valence-electron chi connectivity index (χ4n) is 2.69. The first-order valence-corrected chi connectivity index (χ1v) is 8.31. The zero-order chi connectivity index (χ0) is 14.8. The highest BCUT2D eigenvalue weighted by atomic mass is 16.2. The molecule has 1 N–H and O–H groups in total. The first-order valence-electron chi connectivity index (χ1n) is 8.31. The molecule has 2 rings (SSSR count). The van der Waals surface area contributed by atoms with Crippen LogP contribution in [0.25, 0.3) is 11.0 Å². The van der Waals surface area contributed by atoms with Gasteiger partial charge in [-0.2, -0.15) is 0 Å². The normalized spacial score (nSPS) is 11.3. The van der Waals surface area contributed by atoms with Crippen molar-refractivity contribution in [2.45, 2.75) is 64.3 Å². The Hall–Kier alpha value is -1.42. The number of para-hydroxylation sites is 1. The van der Waals surface area contributed by atoms with Gasteiger partial charge in [0.05, 0.1) is 5.52 Å². The van der Waals surface area contributed by atoms with Gasteiger partial charge in [-0.3, -0.25) is 0 Å². The summed E-state index contributed by atoms with van der Waals surface area (Å²) in [6, 6.07) is 8.14. The van der Waals surface area contributed by atoms with Crippen LogP contribution in [0.3, 0.4) is 0 Å².